The fourth-order valence-corrected chi connectivity index (χ4v) is 4.60. The topological polar surface area (TPSA) is 152 Å². The molecule has 0 fully saturated rings. The molecule has 0 saturated heterocycles. The molecule has 0 aromatic heterocycles. The van der Waals surface area contributed by atoms with Gasteiger partial charge in [0, 0.05) is 39.9 Å². The molecule has 200 valence electrons. The molecule has 0 radical (unpaired) electrons. The van der Waals surface area contributed by atoms with E-state index in [1.165, 1.54) is 24.3 Å². The number of Topliss-reactive ketones (excluding diaryl/α,β-unsaturated/α-hetero) is 1. The van der Waals surface area contributed by atoms with Gasteiger partial charge in [-0.1, -0.05) is 17.7 Å². The summed E-state index contributed by atoms with van der Waals surface area (Å²) in [6, 6.07) is 12.8. The number of nitrogens with zero attached hydrogens (tertiary/aromatic N) is 1. The third-order valence-electron chi connectivity index (χ3n) is 5.37. The maximum atomic E-state index is 12.9. The van der Waals surface area contributed by atoms with Gasteiger partial charge < -0.3 is 20.4 Å². The molecule has 0 aliphatic carbocycles. The summed E-state index contributed by atoms with van der Waals surface area (Å²) >= 11 is 5.88. The van der Waals surface area contributed by atoms with Crippen molar-refractivity contribution in [2.45, 2.75) is 36.4 Å². The first-order chi connectivity index (χ1) is 17.5. The Balaban J connectivity index is 0.000000410. The Hall–Kier alpha value is -2.96. The normalized spacial score (nSPS) is 15.9. The molecule has 37 heavy (non-hydrogen) atoms. The maximum Gasteiger partial charge on any atom is 0.335 e. The van der Waals surface area contributed by atoms with Crippen LogP contribution in [-0.4, -0.2) is 79.1 Å². The summed E-state index contributed by atoms with van der Waals surface area (Å²) in [6.45, 7) is 2.37. The van der Waals surface area contributed by atoms with Crippen LogP contribution in [0.4, 0.5) is 4.39 Å². The van der Waals surface area contributed by atoms with Gasteiger partial charge in [0.05, 0.1) is 10.8 Å². The molecular weight excluding hydrogens is 529 g/mol. The summed E-state index contributed by atoms with van der Waals surface area (Å²) in [5.74, 6) is -3.84. The number of carboxylic acids is 2. The molecule has 2 aromatic carbocycles. The van der Waals surface area contributed by atoms with Crippen LogP contribution in [0.5, 0.6) is 0 Å². The van der Waals surface area contributed by atoms with Crippen LogP contribution >= 0.6 is 11.6 Å². The fraction of sp³-hybridized carbons (Fsp3) is 0.320. The predicted octanol–water partition coefficient (Wildman–Crippen LogP) is 2.72. The minimum absolute atomic E-state index is 0.0343. The average Bonchev–Trinajstić information content (AvgIpc) is 2.88. The molecule has 0 amide bonds. The van der Waals surface area contributed by atoms with Crippen LogP contribution in [0.15, 0.2) is 64.4 Å². The van der Waals surface area contributed by atoms with Crippen LogP contribution < -0.4 is 0 Å². The summed E-state index contributed by atoms with van der Waals surface area (Å²) in [7, 11) is -1.14. The molecule has 1 aliphatic rings. The summed E-state index contributed by atoms with van der Waals surface area (Å²) < 4.78 is 25.5. The number of ketones is 1. The number of benzene rings is 2. The summed E-state index contributed by atoms with van der Waals surface area (Å²) in [5.41, 5.74) is 0.551. The molecule has 0 bridgehead atoms. The Morgan fingerprint density at radius 3 is 2.03 bits per heavy atom. The molecule has 2 aromatic rings. The number of carboxylic acid groups (broad SMARTS) is 2. The zero-order valence-electron chi connectivity index (χ0n) is 19.6. The Kier molecular flexibility index (Phi) is 12.0. The van der Waals surface area contributed by atoms with Gasteiger partial charge in [0.1, 0.15) is 5.82 Å². The van der Waals surface area contributed by atoms with Gasteiger partial charge in [-0.2, -0.15) is 0 Å². The number of hydrogen-bond donors (Lipinski definition) is 4. The number of halogens is 2. The third-order valence-corrected chi connectivity index (χ3v) is 7.17. The molecular formula is C25H27ClFNO8S. The Bertz CT molecular complexity index is 1120. The van der Waals surface area contributed by atoms with Crippen molar-refractivity contribution in [2.24, 2.45) is 0 Å². The average molecular weight is 556 g/mol. The molecule has 3 unspecified atom stereocenters. The molecule has 3 atom stereocenters. The Morgan fingerprint density at radius 2 is 1.54 bits per heavy atom. The van der Waals surface area contributed by atoms with Crippen molar-refractivity contribution >= 4 is 40.1 Å². The number of hydrogen-bond acceptors (Lipinski definition) is 7. The van der Waals surface area contributed by atoms with Gasteiger partial charge >= 0.3 is 11.9 Å². The molecule has 12 heteroatoms. The van der Waals surface area contributed by atoms with Gasteiger partial charge in [-0.3, -0.25) is 9.69 Å². The standard InChI is InChI=1S/C21H21ClFNO2S.C4H6O6/c22-17-5-9-19(10-6-17)27(26)20-11-14-24(15-12-20)13-1-2-21(25)16-3-7-18(23)8-4-16;5-1(3(7)8)2(6)4(9)10/h3-11H,1-2,12-15H2;1-2,5-6H,(H,7,8)(H,9,10). The van der Waals surface area contributed by atoms with Crippen LogP contribution in [-0.2, 0) is 20.4 Å². The van der Waals surface area contributed by atoms with E-state index in [9.17, 15) is 23.0 Å². The predicted molar refractivity (Wildman–Crippen MR) is 134 cm³/mol. The second-order valence-electron chi connectivity index (χ2n) is 8.04. The van der Waals surface area contributed by atoms with Gasteiger partial charge in [0.15, 0.2) is 18.0 Å². The lowest BCUT2D eigenvalue weighted by Gasteiger charge is -2.25. The van der Waals surface area contributed by atoms with E-state index in [2.05, 4.69) is 4.90 Å². The number of rotatable bonds is 10. The summed E-state index contributed by atoms with van der Waals surface area (Å²) in [4.78, 5) is 35.6. The lowest BCUT2D eigenvalue weighted by atomic mass is 10.1. The van der Waals surface area contributed by atoms with Crippen molar-refractivity contribution in [3.63, 3.8) is 0 Å². The smallest absolute Gasteiger partial charge is 0.335 e. The number of aliphatic carboxylic acids is 2. The minimum Gasteiger partial charge on any atom is -0.479 e. The van der Waals surface area contributed by atoms with E-state index < -0.39 is 34.9 Å². The zero-order chi connectivity index (χ0) is 27.5. The van der Waals surface area contributed by atoms with E-state index in [4.69, 9.17) is 32.0 Å². The second kappa shape index (κ2) is 14.7. The highest BCUT2D eigenvalue weighted by atomic mass is 35.5. The Morgan fingerprint density at radius 1 is 0.973 bits per heavy atom. The molecule has 3 rings (SSSR count). The van der Waals surface area contributed by atoms with E-state index >= 15 is 0 Å². The first-order valence-corrected chi connectivity index (χ1v) is 12.7. The third kappa shape index (κ3) is 9.78. The highest BCUT2D eigenvalue weighted by Crippen LogP contribution is 2.22. The lowest BCUT2D eigenvalue weighted by Crippen LogP contribution is -2.39. The van der Waals surface area contributed by atoms with Crippen LogP contribution in [0.3, 0.4) is 0 Å². The molecule has 1 aliphatic heterocycles. The molecule has 0 spiro atoms. The van der Waals surface area contributed by atoms with Gasteiger partial charge in [0.2, 0.25) is 0 Å². The van der Waals surface area contributed by atoms with Gasteiger partial charge in [0.25, 0.3) is 0 Å². The highest BCUT2D eigenvalue weighted by Gasteiger charge is 2.29. The summed E-state index contributed by atoms with van der Waals surface area (Å²) in [6.07, 6.45) is -0.568. The maximum absolute atomic E-state index is 12.9. The van der Waals surface area contributed by atoms with Crippen molar-refractivity contribution in [2.75, 3.05) is 19.6 Å². The van der Waals surface area contributed by atoms with E-state index in [-0.39, 0.29) is 11.6 Å². The van der Waals surface area contributed by atoms with Gasteiger partial charge in [-0.25, -0.2) is 18.2 Å². The quantitative estimate of drug-likeness (QED) is 0.324. The molecule has 4 N–H and O–H groups in total. The largest absolute Gasteiger partial charge is 0.479 e. The van der Waals surface area contributed by atoms with Crippen molar-refractivity contribution < 1.29 is 43.4 Å². The van der Waals surface area contributed by atoms with Crippen LogP contribution in [0, 0.1) is 5.82 Å². The van der Waals surface area contributed by atoms with Crippen molar-refractivity contribution in [3.8, 4) is 0 Å². The van der Waals surface area contributed by atoms with Crippen LogP contribution in [0.1, 0.15) is 29.6 Å². The van der Waals surface area contributed by atoms with Crippen molar-refractivity contribution in [1.29, 1.82) is 0 Å². The SMILES string of the molecule is O=C(CCCN1CC=C(S(=O)c2ccc(Cl)cc2)CC1)c1ccc(F)cc1.O=C(O)C(O)C(O)C(=O)O. The van der Waals surface area contributed by atoms with Gasteiger partial charge in [-0.05, 0) is 67.9 Å². The monoisotopic (exact) mass is 555 g/mol. The second-order valence-corrected chi connectivity index (χ2v) is 10.0. The van der Waals surface area contributed by atoms with Gasteiger partial charge in [-0.15, -0.1) is 0 Å². The molecule has 9 nitrogen and oxygen atoms in total. The zero-order valence-corrected chi connectivity index (χ0v) is 21.2. The first kappa shape index (κ1) is 30.3. The molecule has 0 saturated carbocycles. The summed E-state index contributed by atoms with van der Waals surface area (Å²) in [5, 5.41) is 33.2. The van der Waals surface area contributed by atoms with Crippen LogP contribution in [0.2, 0.25) is 5.02 Å². The number of carbonyl (C=O) groups is 3. The number of carbonyl (C=O) groups excluding carboxylic acids is 1. The van der Waals surface area contributed by atoms with E-state index in [1.807, 2.05) is 6.08 Å². The highest BCUT2D eigenvalue weighted by molar-refractivity contribution is 7.89. The number of aliphatic hydroxyl groups excluding tert-OH is 2. The van der Waals surface area contributed by atoms with Crippen molar-refractivity contribution in [1.82, 2.24) is 4.90 Å². The van der Waals surface area contributed by atoms with Crippen LogP contribution in [0.25, 0.3) is 0 Å². The Labute approximate surface area is 220 Å². The van der Waals surface area contributed by atoms with E-state index in [0.29, 0.717) is 17.0 Å². The first-order valence-electron chi connectivity index (χ1n) is 11.2. The molecule has 1 heterocycles. The van der Waals surface area contributed by atoms with E-state index in [1.54, 1.807) is 24.3 Å². The lowest BCUT2D eigenvalue weighted by molar-refractivity contribution is -0.165. The van der Waals surface area contributed by atoms with E-state index in [0.717, 1.165) is 42.3 Å². The fourth-order valence-electron chi connectivity index (χ4n) is 3.29. The number of aliphatic hydroxyl groups is 2. The minimum atomic E-state index is -2.27. The van der Waals surface area contributed by atoms with Crippen molar-refractivity contribution in [3.05, 3.63) is 75.9 Å².